The summed E-state index contributed by atoms with van der Waals surface area (Å²) < 4.78 is 41.6. The molecule has 1 amide bonds. The Labute approximate surface area is 132 Å². The number of carbonyl (C=O) groups is 1. The van der Waals surface area contributed by atoms with E-state index in [-0.39, 0.29) is 16.2 Å². The molecule has 0 saturated carbocycles. The fourth-order valence-corrected chi connectivity index (χ4v) is 2.78. The monoisotopic (exact) mass is 333 g/mol. The number of fused-ring (bicyclic) bond motifs is 1. The van der Waals surface area contributed by atoms with Gasteiger partial charge < -0.3 is 10.1 Å². The number of halogens is 1. The first-order valence-electron chi connectivity index (χ1n) is 6.63. The summed E-state index contributed by atoms with van der Waals surface area (Å²) in [6, 6.07) is 9.66. The van der Waals surface area contributed by atoms with E-state index < -0.39 is 21.6 Å². The van der Waals surface area contributed by atoms with Gasteiger partial charge in [-0.15, -0.1) is 0 Å². The van der Waals surface area contributed by atoms with Crippen LogP contribution in [0.1, 0.15) is 15.9 Å². The number of ether oxygens (including phenoxy) is 1. The third kappa shape index (κ3) is 3.09. The highest BCUT2D eigenvalue weighted by Crippen LogP contribution is 2.25. The van der Waals surface area contributed by atoms with Crippen LogP contribution >= 0.6 is 0 Å². The lowest BCUT2D eigenvalue weighted by Crippen LogP contribution is -2.20. The lowest BCUT2D eigenvalue weighted by atomic mass is 10.1. The molecule has 0 atom stereocenters. The second-order valence-corrected chi connectivity index (χ2v) is 7.06. The quantitative estimate of drug-likeness (QED) is 0.916. The SMILES string of the molecule is CS(=O)(=O)c1ccc(C2=COc3ccc(F)cc3C(=O)N2)cc1. The van der Waals surface area contributed by atoms with Crippen molar-refractivity contribution < 1.29 is 22.3 Å². The number of nitrogens with one attached hydrogen (secondary N) is 1. The summed E-state index contributed by atoms with van der Waals surface area (Å²) in [5.74, 6) is -0.800. The largest absolute Gasteiger partial charge is 0.462 e. The molecule has 0 fully saturated rings. The molecular weight excluding hydrogens is 321 g/mol. The van der Waals surface area contributed by atoms with Crippen LogP contribution in [0.25, 0.3) is 5.70 Å². The predicted octanol–water partition coefficient (Wildman–Crippen LogP) is 2.35. The molecule has 0 aromatic heterocycles. The van der Waals surface area contributed by atoms with E-state index in [9.17, 15) is 17.6 Å². The van der Waals surface area contributed by atoms with Crippen LogP contribution < -0.4 is 10.1 Å². The third-order valence-corrected chi connectivity index (χ3v) is 4.46. The van der Waals surface area contributed by atoms with Gasteiger partial charge in [0.25, 0.3) is 5.91 Å². The van der Waals surface area contributed by atoms with Gasteiger partial charge in [0.1, 0.15) is 17.8 Å². The number of hydrogen-bond donors (Lipinski definition) is 1. The van der Waals surface area contributed by atoms with Crippen LogP contribution in [0, 0.1) is 5.82 Å². The normalized spacial score (nSPS) is 14.2. The van der Waals surface area contributed by atoms with Crippen molar-refractivity contribution in [3.05, 3.63) is 65.7 Å². The van der Waals surface area contributed by atoms with Gasteiger partial charge in [0.2, 0.25) is 0 Å². The first-order valence-corrected chi connectivity index (χ1v) is 8.52. The molecule has 1 aliphatic rings. The van der Waals surface area contributed by atoms with Gasteiger partial charge in [-0.3, -0.25) is 4.79 Å². The Kier molecular flexibility index (Phi) is 3.65. The molecule has 1 aliphatic heterocycles. The molecule has 0 bridgehead atoms. The topological polar surface area (TPSA) is 72.5 Å². The van der Waals surface area contributed by atoms with Gasteiger partial charge in [0, 0.05) is 11.8 Å². The molecule has 0 saturated heterocycles. The van der Waals surface area contributed by atoms with Crippen molar-refractivity contribution >= 4 is 21.4 Å². The lowest BCUT2D eigenvalue weighted by Gasteiger charge is -2.07. The van der Waals surface area contributed by atoms with Crippen LogP contribution in [0.4, 0.5) is 4.39 Å². The fourth-order valence-electron chi connectivity index (χ4n) is 2.15. The van der Waals surface area contributed by atoms with Gasteiger partial charge >= 0.3 is 0 Å². The van der Waals surface area contributed by atoms with Crippen molar-refractivity contribution in [1.82, 2.24) is 5.32 Å². The molecule has 5 nitrogen and oxygen atoms in total. The molecule has 1 N–H and O–H groups in total. The average Bonchev–Trinajstić information content (AvgIpc) is 2.66. The zero-order chi connectivity index (χ0) is 16.6. The van der Waals surface area contributed by atoms with Gasteiger partial charge in [-0.05, 0) is 30.3 Å². The number of rotatable bonds is 2. The summed E-state index contributed by atoms with van der Waals surface area (Å²) in [6.45, 7) is 0. The second kappa shape index (κ2) is 5.51. The number of carbonyl (C=O) groups excluding carboxylic acids is 1. The van der Waals surface area contributed by atoms with Crippen molar-refractivity contribution in [2.24, 2.45) is 0 Å². The summed E-state index contributed by atoms with van der Waals surface area (Å²) in [4.78, 5) is 12.3. The van der Waals surface area contributed by atoms with E-state index >= 15 is 0 Å². The van der Waals surface area contributed by atoms with E-state index in [1.54, 1.807) is 12.1 Å². The van der Waals surface area contributed by atoms with Crippen molar-refractivity contribution in [3.8, 4) is 5.75 Å². The minimum Gasteiger partial charge on any atom is -0.462 e. The van der Waals surface area contributed by atoms with Crippen LogP contribution in [0.2, 0.25) is 0 Å². The van der Waals surface area contributed by atoms with E-state index in [4.69, 9.17) is 4.74 Å². The molecule has 1 heterocycles. The maximum atomic E-state index is 13.3. The maximum Gasteiger partial charge on any atom is 0.259 e. The van der Waals surface area contributed by atoms with Crippen molar-refractivity contribution in [2.75, 3.05) is 6.26 Å². The van der Waals surface area contributed by atoms with E-state index in [0.717, 1.165) is 12.3 Å². The highest BCUT2D eigenvalue weighted by atomic mass is 32.2. The minimum atomic E-state index is -3.30. The fraction of sp³-hybridized carbons (Fsp3) is 0.0625. The summed E-state index contributed by atoms with van der Waals surface area (Å²) in [6.07, 6.45) is 2.44. The molecule has 118 valence electrons. The smallest absolute Gasteiger partial charge is 0.259 e. The van der Waals surface area contributed by atoms with E-state index in [0.29, 0.717) is 11.3 Å². The van der Waals surface area contributed by atoms with Crippen molar-refractivity contribution in [2.45, 2.75) is 4.90 Å². The molecule has 3 rings (SSSR count). The second-order valence-electron chi connectivity index (χ2n) is 5.04. The van der Waals surface area contributed by atoms with Gasteiger partial charge in [-0.25, -0.2) is 12.8 Å². The summed E-state index contributed by atoms with van der Waals surface area (Å²) in [7, 11) is -3.30. The number of amides is 1. The summed E-state index contributed by atoms with van der Waals surface area (Å²) in [5, 5.41) is 2.62. The molecule has 7 heteroatoms. The Balaban J connectivity index is 1.94. The van der Waals surface area contributed by atoms with Crippen molar-refractivity contribution in [3.63, 3.8) is 0 Å². The third-order valence-electron chi connectivity index (χ3n) is 3.33. The Hall–Kier alpha value is -2.67. The number of sulfone groups is 1. The molecular formula is C16H12FNO4S. The average molecular weight is 333 g/mol. The zero-order valence-electron chi connectivity index (χ0n) is 12.0. The Bertz CT molecular complexity index is 918. The number of hydrogen-bond acceptors (Lipinski definition) is 4. The van der Waals surface area contributed by atoms with Crippen molar-refractivity contribution in [1.29, 1.82) is 0 Å². The van der Waals surface area contributed by atoms with E-state index in [1.807, 2.05) is 0 Å². The molecule has 0 unspecified atom stereocenters. The molecule has 0 aliphatic carbocycles. The predicted molar refractivity (Wildman–Crippen MR) is 82.0 cm³/mol. The Morgan fingerprint density at radius 2 is 1.78 bits per heavy atom. The molecule has 2 aromatic carbocycles. The van der Waals surface area contributed by atoms with Gasteiger partial charge in [0.05, 0.1) is 16.2 Å². The molecule has 0 spiro atoms. The van der Waals surface area contributed by atoms with Crippen LogP contribution in [-0.4, -0.2) is 20.6 Å². The number of benzene rings is 2. The summed E-state index contributed by atoms with van der Waals surface area (Å²) in [5.41, 5.74) is 1.01. The van der Waals surface area contributed by atoms with Gasteiger partial charge in [0.15, 0.2) is 9.84 Å². The standard InChI is InChI=1S/C16H12FNO4S/c1-23(20,21)12-5-2-10(3-6-12)14-9-22-15-7-4-11(17)8-13(15)16(19)18-14/h2-9H,1H3,(H,18,19). The highest BCUT2D eigenvalue weighted by Gasteiger charge is 2.19. The highest BCUT2D eigenvalue weighted by molar-refractivity contribution is 7.90. The van der Waals surface area contributed by atoms with Crippen LogP contribution in [0.3, 0.4) is 0 Å². The Morgan fingerprint density at radius 1 is 1.09 bits per heavy atom. The Morgan fingerprint density at radius 3 is 2.43 bits per heavy atom. The first-order chi connectivity index (χ1) is 10.8. The van der Waals surface area contributed by atoms with Gasteiger partial charge in [-0.1, -0.05) is 12.1 Å². The maximum absolute atomic E-state index is 13.3. The van der Waals surface area contributed by atoms with Crippen LogP contribution in [0.5, 0.6) is 5.75 Å². The lowest BCUT2D eigenvalue weighted by molar-refractivity contribution is 0.0973. The molecule has 23 heavy (non-hydrogen) atoms. The molecule has 0 radical (unpaired) electrons. The van der Waals surface area contributed by atoms with E-state index in [2.05, 4.69) is 5.32 Å². The van der Waals surface area contributed by atoms with Gasteiger partial charge in [-0.2, -0.15) is 0 Å². The molecule has 2 aromatic rings. The van der Waals surface area contributed by atoms with E-state index in [1.165, 1.54) is 30.5 Å². The zero-order valence-corrected chi connectivity index (χ0v) is 12.9. The van der Waals surface area contributed by atoms with Crippen LogP contribution in [-0.2, 0) is 9.84 Å². The van der Waals surface area contributed by atoms with Crippen LogP contribution in [0.15, 0.2) is 53.6 Å². The first kappa shape index (κ1) is 15.2. The summed E-state index contributed by atoms with van der Waals surface area (Å²) >= 11 is 0. The minimum absolute atomic E-state index is 0.0870.